The highest BCUT2D eigenvalue weighted by atomic mass is 16.3. The number of pyridine rings is 1. The van der Waals surface area contributed by atoms with E-state index < -0.39 is 0 Å². The average molecular weight is 299 g/mol. The van der Waals surface area contributed by atoms with Gasteiger partial charge in [0.1, 0.15) is 18.2 Å². The largest absolute Gasteiger partial charge is 0.455 e. The van der Waals surface area contributed by atoms with Crippen LogP contribution >= 0.6 is 0 Å². The quantitative estimate of drug-likeness (QED) is 0.493. The maximum atomic E-state index is 9.40. The number of hydrogen-bond acceptors (Lipinski definition) is 2. The summed E-state index contributed by atoms with van der Waals surface area (Å²) in [5, 5.41) is 11.3. The summed E-state index contributed by atoms with van der Waals surface area (Å²) in [6, 6.07) is 18.1. The fourth-order valence-corrected chi connectivity index (χ4v) is 3.18. The molecule has 0 atom stereocenters. The van der Waals surface area contributed by atoms with Gasteiger partial charge in [-0.1, -0.05) is 18.2 Å². The molecule has 0 saturated heterocycles. The second kappa shape index (κ2) is 4.96. The molecule has 2 aromatic carbocycles. The fraction of sp³-hybridized carbons (Fsp3) is 0.100. The summed E-state index contributed by atoms with van der Waals surface area (Å²) in [6.45, 7) is 2.08. The van der Waals surface area contributed by atoms with Crippen molar-refractivity contribution in [1.82, 2.24) is 0 Å². The van der Waals surface area contributed by atoms with Crippen molar-refractivity contribution in [3.05, 3.63) is 65.9 Å². The zero-order valence-electron chi connectivity index (χ0n) is 13.0. The van der Waals surface area contributed by atoms with Crippen molar-refractivity contribution in [1.29, 1.82) is 5.26 Å². The van der Waals surface area contributed by atoms with Gasteiger partial charge in [0.25, 0.3) is 0 Å². The summed E-state index contributed by atoms with van der Waals surface area (Å²) in [6.07, 6.45) is 2.02. The molecular weight excluding hydrogens is 284 g/mol. The SMILES string of the molecule is Cc1ccc2c(oc3cccc(C#N)c32)c1-c1cccc[n+]1C. The molecule has 0 fully saturated rings. The van der Waals surface area contributed by atoms with Crippen LogP contribution in [0.4, 0.5) is 0 Å². The summed E-state index contributed by atoms with van der Waals surface area (Å²) in [5.74, 6) is 0. The van der Waals surface area contributed by atoms with E-state index in [1.54, 1.807) is 0 Å². The van der Waals surface area contributed by atoms with Crippen LogP contribution < -0.4 is 4.57 Å². The monoisotopic (exact) mass is 299 g/mol. The van der Waals surface area contributed by atoms with Gasteiger partial charge in [0.05, 0.1) is 17.2 Å². The maximum Gasteiger partial charge on any atom is 0.216 e. The summed E-state index contributed by atoms with van der Waals surface area (Å²) >= 11 is 0. The minimum Gasteiger partial charge on any atom is -0.455 e. The van der Waals surface area contributed by atoms with Crippen molar-refractivity contribution in [2.75, 3.05) is 0 Å². The molecule has 110 valence electrons. The lowest BCUT2D eigenvalue weighted by molar-refractivity contribution is -0.660. The first-order chi connectivity index (χ1) is 11.2. The van der Waals surface area contributed by atoms with E-state index in [1.165, 1.54) is 0 Å². The molecule has 2 heterocycles. The molecule has 23 heavy (non-hydrogen) atoms. The van der Waals surface area contributed by atoms with Crippen LogP contribution in [0.3, 0.4) is 0 Å². The Bertz CT molecular complexity index is 1100. The number of fused-ring (bicyclic) bond motifs is 3. The van der Waals surface area contributed by atoms with Crippen molar-refractivity contribution >= 4 is 21.9 Å². The molecule has 0 saturated carbocycles. The molecule has 4 aromatic rings. The lowest BCUT2D eigenvalue weighted by Gasteiger charge is -2.05. The third-order valence-corrected chi connectivity index (χ3v) is 4.31. The van der Waals surface area contributed by atoms with Crippen molar-refractivity contribution in [3.63, 3.8) is 0 Å². The molecule has 3 nitrogen and oxygen atoms in total. The number of hydrogen-bond donors (Lipinski definition) is 0. The Hall–Kier alpha value is -3.12. The first-order valence-corrected chi connectivity index (χ1v) is 7.50. The van der Waals surface area contributed by atoms with Crippen molar-refractivity contribution < 1.29 is 8.98 Å². The van der Waals surface area contributed by atoms with Gasteiger partial charge >= 0.3 is 0 Å². The first kappa shape index (κ1) is 13.5. The molecule has 0 radical (unpaired) electrons. The Labute approximate surface area is 134 Å². The number of benzene rings is 2. The van der Waals surface area contributed by atoms with E-state index in [9.17, 15) is 5.26 Å². The van der Waals surface area contributed by atoms with Crippen LogP contribution in [0.15, 0.2) is 59.1 Å². The number of rotatable bonds is 1. The fourth-order valence-electron chi connectivity index (χ4n) is 3.18. The highest BCUT2D eigenvalue weighted by Crippen LogP contribution is 2.37. The average Bonchev–Trinajstić information content (AvgIpc) is 2.94. The van der Waals surface area contributed by atoms with Crippen LogP contribution in [0.5, 0.6) is 0 Å². The van der Waals surface area contributed by atoms with E-state index in [4.69, 9.17) is 4.42 Å². The summed E-state index contributed by atoms with van der Waals surface area (Å²) in [5.41, 5.74) is 5.55. The molecule has 0 aliphatic heterocycles. The predicted octanol–water partition coefficient (Wildman–Crippen LogP) is 4.26. The van der Waals surface area contributed by atoms with Gasteiger partial charge in [-0.25, -0.2) is 4.57 Å². The second-order valence-corrected chi connectivity index (χ2v) is 5.72. The van der Waals surface area contributed by atoms with Gasteiger partial charge in [-0.2, -0.15) is 5.26 Å². The zero-order valence-corrected chi connectivity index (χ0v) is 13.0. The van der Waals surface area contributed by atoms with Crippen LogP contribution in [-0.2, 0) is 7.05 Å². The summed E-state index contributed by atoms with van der Waals surface area (Å²) < 4.78 is 8.24. The number of nitrogens with zero attached hydrogens (tertiary/aromatic N) is 2. The van der Waals surface area contributed by atoms with E-state index in [0.29, 0.717) is 5.56 Å². The number of aryl methyl sites for hydroxylation is 2. The molecule has 0 amide bonds. The smallest absolute Gasteiger partial charge is 0.216 e. The summed E-state index contributed by atoms with van der Waals surface area (Å²) in [7, 11) is 2.02. The van der Waals surface area contributed by atoms with Crippen LogP contribution in [-0.4, -0.2) is 0 Å². The first-order valence-electron chi connectivity index (χ1n) is 7.50. The van der Waals surface area contributed by atoms with E-state index in [-0.39, 0.29) is 0 Å². The molecule has 0 bridgehead atoms. The van der Waals surface area contributed by atoms with Gasteiger partial charge in [-0.15, -0.1) is 0 Å². The lowest BCUT2D eigenvalue weighted by atomic mass is 9.99. The van der Waals surface area contributed by atoms with Gasteiger partial charge in [0, 0.05) is 22.9 Å². The van der Waals surface area contributed by atoms with Gasteiger partial charge in [0.15, 0.2) is 6.20 Å². The minimum atomic E-state index is 0.647. The van der Waals surface area contributed by atoms with Crippen LogP contribution in [0.25, 0.3) is 33.2 Å². The molecule has 0 aliphatic rings. The molecule has 4 rings (SSSR count). The second-order valence-electron chi connectivity index (χ2n) is 5.72. The highest BCUT2D eigenvalue weighted by Gasteiger charge is 2.20. The van der Waals surface area contributed by atoms with E-state index in [2.05, 4.69) is 29.7 Å². The zero-order chi connectivity index (χ0) is 16.0. The Morgan fingerprint density at radius 2 is 1.91 bits per heavy atom. The standard InChI is InChI=1S/C20H15N2O/c1-13-9-10-15-19-14(12-21)6-5-8-17(19)23-20(15)18(13)16-7-3-4-11-22(16)2/h3-11H,1-2H3/q+1. The highest BCUT2D eigenvalue weighted by molar-refractivity contribution is 6.11. The Morgan fingerprint density at radius 3 is 2.70 bits per heavy atom. The minimum absolute atomic E-state index is 0.647. The van der Waals surface area contributed by atoms with Gasteiger partial charge < -0.3 is 4.42 Å². The van der Waals surface area contributed by atoms with E-state index in [1.807, 2.05) is 49.6 Å². The topological polar surface area (TPSA) is 40.8 Å². The van der Waals surface area contributed by atoms with Gasteiger partial charge in [-0.05, 0) is 30.7 Å². The maximum absolute atomic E-state index is 9.40. The van der Waals surface area contributed by atoms with Crippen LogP contribution in [0.1, 0.15) is 11.1 Å². The van der Waals surface area contributed by atoms with E-state index in [0.717, 1.165) is 38.8 Å². The molecule has 0 spiro atoms. The third kappa shape index (κ3) is 1.92. The van der Waals surface area contributed by atoms with Crippen molar-refractivity contribution in [2.24, 2.45) is 7.05 Å². The lowest BCUT2D eigenvalue weighted by Crippen LogP contribution is -2.30. The van der Waals surface area contributed by atoms with E-state index >= 15 is 0 Å². The van der Waals surface area contributed by atoms with Crippen LogP contribution in [0, 0.1) is 18.3 Å². The summed E-state index contributed by atoms with van der Waals surface area (Å²) in [4.78, 5) is 0. The van der Waals surface area contributed by atoms with Gasteiger partial charge in [0.2, 0.25) is 5.69 Å². The number of furan rings is 1. The van der Waals surface area contributed by atoms with Crippen molar-refractivity contribution in [2.45, 2.75) is 6.92 Å². The Kier molecular flexibility index (Phi) is 2.92. The Morgan fingerprint density at radius 1 is 1.04 bits per heavy atom. The van der Waals surface area contributed by atoms with Crippen molar-refractivity contribution in [3.8, 4) is 17.3 Å². The van der Waals surface area contributed by atoms with Crippen LogP contribution in [0.2, 0.25) is 0 Å². The molecular formula is C20H15N2O+. The third-order valence-electron chi connectivity index (χ3n) is 4.31. The number of nitriles is 1. The molecule has 2 aromatic heterocycles. The molecule has 0 N–H and O–H groups in total. The number of aromatic nitrogens is 1. The molecule has 3 heteroatoms. The molecule has 0 unspecified atom stereocenters. The molecule has 0 aliphatic carbocycles. The predicted molar refractivity (Wildman–Crippen MR) is 89.8 cm³/mol. The van der Waals surface area contributed by atoms with Gasteiger partial charge in [-0.3, -0.25) is 0 Å². The normalized spacial score (nSPS) is 11.0. The Balaban J connectivity index is 2.20.